The molecule has 0 atom stereocenters. The fraction of sp³-hybridized carbons (Fsp3) is 0.562. The van der Waals surface area contributed by atoms with E-state index in [9.17, 15) is 9.90 Å². The number of benzene rings is 1. The second-order valence-electron chi connectivity index (χ2n) is 5.49. The zero-order valence-corrected chi connectivity index (χ0v) is 11.8. The van der Waals surface area contributed by atoms with Gasteiger partial charge in [0.2, 0.25) is 0 Å². The third-order valence-electron chi connectivity index (χ3n) is 4.04. The third-order valence-corrected chi connectivity index (χ3v) is 4.04. The van der Waals surface area contributed by atoms with Crippen molar-refractivity contribution >= 4 is 5.97 Å². The summed E-state index contributed by atoms with van der Waals surface area (Å²) < 4.78 is 0. The number of aromatic carboxylic acids is 1. The first-order chi connectivity index (χ1) is 9.70. The maximum absolute atomic E-state index is 11.0. The standard InChI is InChI=1S/C16H23NO3/c18-10-9-17(15-7-2-1-3-8-15)12-13-5-4-6-14(11-13)16(19)20/h4-6,11,15,18H,1-3,7-10,12H2,(H,19,20). The average molecular weight is 277 g/mol. The molecule has 2 rings (SSSR count). The molecule has 1 fully saturated rings. The fourth-order valence-corrected chi connectivity index (χ4v) is 3.00. The number of aliphatic hydroxyl groups is 1. The van der Waals surface area contributed by atoms with E-state index in [-0.39, 0.29) is 6.61 Å². The van der Waals surface area contributed by atoms with E-state index in [1.807, 2.05) is 6.07 Å². The molecule has 0 aromatic heterocycles. The molecule has 0 radical (unpaired) electrons. The summed E-state index contributed by atoms with van der Waals surface area (Å²) in [4.78, 5) is 13.3. The average Bonchev–Trinajstić information content (AvgIpc) is 2.48. The van der Waals surface area contributed by atoms with E-state index in [2.05, 4.69) is 4.90 Å². The summed E-state index contributed by atoms with van der Waals surface area (Å²) in [6.07, 6.45) is 6.17. The van der Waals surface area contributed by atoms with Crippen molar-refractivity contribution in [1.29, 1.82) is 0 Å². The molecule has 1 saturated carbocycles. The monoisotopic (exact) mass is 277 g/mol. The molecule has 4 heteroatoms. The summed E-state index contributed by atoms with van der Waals surface area (Å²) in [5, 5.41) is 18.3. The van der Waals surface area contributed by atoms with Crippen LogP contribution in [0.2, 0.25) is 0 Å². The maximum atomic E-state index is 11.0. The van der Waals surface area contributed by atoms with E-state index in [0.29, 0.717) is 24.7 Å². The molecule has 1 aromatic carbocycles. The number of hydrogen-bond acceptors (Lipinski definition) is 3. The molecule has 0 amide bonds. The van der Waals surface area contributed by atoms with Crippen LogP contribution >= 0.6 is 0 Å². The Bertz CT molecular complexity index is 441. The topological polar surface area (TPSA) is 60.8 Å². The van der Waals surface area contributed by atoms with Crippen molar-refractivity contribution < 1.29 is 15.0 Å². The van der Waals surface area contributed by atoms with Crippen LogP contribution in [0.3, 0.4) is 0 Å². The molecule has 1 aliphatic rings. The minimum atomic E-state index is -0.891. The molecule has 4 nitrogen and oxygen atoms in total. The second kappa shape index (κ2) is 7.41. The van der Waals surface area contributed by atoms with Gasteiger partial charge in [0, 0.05) is 19.1 Å². The van der Waals surface area contributed by atoms with E-state index >= 15 is 0 Å². The predicted molar refractivity (Wildman–Crippen MR) is 77.8 cm³/mol. The van der Waals surface area contributed by atoms with Crippen LogP contribution in [-0.2, 0) is 6.54 Å². The SMILES string of the molecule is O=C(O)c1cccc(CN(CCO)C2CCCCC2)c1. The van der Waals surface area contributed by atoms with Crippen LogP contribution in [0.15, 0.2) is 24.3 Å². The van der Waals surface area contributed by atoms with Gasteiger partial charge in [0.1, 0.15) is 0 Å². The fourth-order valence-electron chi connectivity index (χ4n) is 3.00. The summed E-state index contributed by atoms with van der Waals surface area (Å²) in [5.74, 6) is -0.891. The Balaban J connectivity index is 2.06. The predicted octanol–water partition coefficient (Wildman–Crippen LogP) is 2.51. The lowest BCUT2D eigenvalue weighted by molar-refractivity contribution is 0.0696. The molecular weight excluding hydrogens is 254 g/mol. The number of carbonyl (C=O) groups is 1. The Labute approximate surface area is 120 Å². The molecule has 20 heavy (non-hydrogen) atoms. The highest BCUT2D eigenvalue weighted by Crippen LogP contribution is 2.24. The van der Waals surface area contributed by atoms with Crippen molar-refractivity contribution in [2.75, 3.05) is 13.2 Å². The molecule has 1 aliphatic carbocycles. The van der Waals surface area contributed by atoms with Crippen LogP contribution in [0.4, 0.5) is 0 Å². The molecule has 110 valence electrons. The number of carboxylic acids is 1. The van der Waals surface area contributed by atoms with E-state index < -0.39 is 5.97 Å². The van der Waals surface area contributed by atoms with E-state index in [4.69, 9.17) is 5.11 Å². The highest BCUT2D eigenvalue weighted by atomic mass is 16.4. The zero-order chi connectivity index (χ0) is 14.4. The maximum Gasteiger partial charge on any atom is 0.335 e. The molecule has 1 aromatic rings. The van der Waals surface area contributed by atoms with Crippen molar-refractivity contribution in [2.24, 2.45) is 0 Å². The van der Waals surface area contributed by atoms with Crippen LogP contribution in [0.5, 0.6) is 0 Å². The minimum Gasteiger partial charge on any atom is -0.478 e. The van der Waals surface area contributed by atoms with Crippen LogP contribution < -0.4 is 0 Å². The summed E-state index contributed by atoms with van der Waals surface area (Å²) in [5.41, 5.74) is 1.33. The normalized spacial score (nSPS) is 16.5. The lowest BCUT2D eigenvalue weighted by Gasteiger charge is -2.34. The second-order valence-corrected chi connectivity index (χ2v) is 5.49. The van der Waals surface area contributed by atoms with Gasteiger partial charge < -0.3 is 10.2 Å². The van der Waals surface area contributed by atoms with Crippen LogP contribution in [-0.4, -0.2) is 40.3 Å². The molecule has 0 aliphatic heterocycles. The first-order valence-electron chi connectivity index (χ1n) is 7.38. The van der Waals surface area contributed by atoms with Gasteiger partial charge in [-0.2, -0.15) is 0 Å². The van der Waals surface area contributed by atoms with Gasteiger partial charge in [-0.1, -0.05) is 31.4 Å². The van der Waals surface area contributed by atoms with Crippen molar-refractivity contribution in [2.45, 2.75) is 44.7 Å². The van der Waals surface area contributed by atoms with Crippen molar-refractivity contribution in [3.8, 4) is 0 Å². The van der Waals surface area contributed by atoms with Gasteiger partial charge in [0.15, 0.2) is 0 Å². The van der Waals surface area contributed by atoms with Crippen molar-refractivity contribution in [3.63, 3.8) is 0 Å². The number of nitrogens with zero attached hydrogens (tertiary/aromatic N) is 1. The number of aliphatic hydroxyl groups excluding tert-OH is 1. The van der Waals surface area contributed by atoms with Gasteiger partial charge in [0.25, 0.3) is 0 Å². The first-order valence-corrected chi connectivity index (χ1v) is 7.38. The molecule has 0 bridgehead atoms. The number of carboxylic acid groups (broad SMARTS) is 1. The molecule has 2 N–H and O–H groups in total. The molecular formula is C16H23NO3. The smallest absolute Gasteiger partial charge is 0.335 e. The highest BCUT2D eigenvalue weighted by Gasteiger charge is 2.21. The largest absolute Gasteiger partial charge is 0.478 e. The molecule has 0 spiro atoms. The first kappa shape index (κ1) is 15.0. The van der Waals surface area contributed by atoms with Crippen LogP contribution in [0.25, 0.3) is 0 Å². The molecule has 0 heterocycles. The van der Waals surface area contributed by atoms with E-state index in [1.165, 1.54) is 32.1 Å². The summed E-state index contributed by atoms with van der Waals surface area (Å²) in [6, 6.07) is 7.61. The Morgan fingerprint density at radius 3 is 2.65 bits per heavy atom. The summed E-state index contributed by atoms with van der Waals surface area (Å²) in [6.45, 7) is 1.52. The van der Waals surface area contributed by atoms with Crippen LogP contribution in [0, 0.1) is 0 Å². The Hall–Kier alpha value is -1.39. The van der Waals surface area contributed by atoms with Crippen molar-refractivity contribution in [3.05, 3.63) is 35.4 Å². The van der Waals surface area contributed by atoms with Gasteiger partial charge in [-0.05, 0) is 30.5 Å². The lowest BCUT2D eigenvalue weighted by atomic mass is 9.93. The number of rotatable bonds is 6. The summed E-state index contributed by atoms with van der Waals surface area (Å²) in [7, 11) is 0. The lowest BCUT2D eigenvalue weighted by Crippen LogP contribution is -2.38. The van der Waals surface area contributed by atoms with Crippen molar-refractivity contribution in [1.82, 2.24) is 4.90 Å². The van der Waals surface area contributed by atoms with E-state index in [1.54, 1.807) is 18.2 Å². The molecule has 0 unspecified atom stereocenters. The van der Waals surface area contributed by atoms with Gasteiger partial charge >= 0.3 is 5.97 Å². The Morgan fingerprint density at radius 1 is 1.25 bits per heavy atom. The summed E-state index contributed by atoms with van der Waals surface area (Å²) >= 11 is 0. The van der Waals surface area contributed by atoms with Gasteiger partial charge in [-0.3, -0.25) is 4.90 Å². The van der Waals surface area contributed by atoms with Gasteiger partial charge in [-0.25, -0.2) is 4.79 Å². The zero-order valence-electron chi connectivity index (χ0n) is 11.8. The Morgan fingerprint density at radius 2 is 2.00 bits per heavy atom. The van der Waals surface area contributed by atoms with Gasteiger partial charge in [-0.15, -0.1) is 0 Å². The number of hydrogen-bond donors (Lipinski definition) is 2. The van der Waals surface area contributed by atoms with E-state index in [0.717, 1.165) is 5.56 Å². The quantitative estimate of drug-likeness (QED) is 0.838. The van der Waals surface area contributed by atoms with Crippen LogP contribution in [0.1, 0.15) is 48.0 Å². The third kappa shape index (κ3) is 4.05. The molecule has 0 saturated heterocycles. The highest BCUT2D eigenvalue weighted by molar-refractivity contribution is 5.87. The minimum absolute atomic E-state index is 0.148. The Kier molecular flexibility index (Phi) is 5.56. The van der Waals surface area contributed by atoms with Gasteiger partial charge in [0.05, 0.1) is 12.2 Å².